The lowest BCUT2D eigenvalue weighted by atomic mass is 9.98. The number of benzene rings is 1. The first-order chi connectivity index (χ1) is 10.7. The molecule has 5 nitrogen and oxygen atoms in total. The molecule has 1 aromatic carbocycles. The van der Waals surface area contributed by atoms with Crippen LogP contribution in [-0.2, 0) is 16.0 Å². The molecule has 2 amide bonds. The summed E-state index contributed by atoms with van der Waals surface area (Å²) in [7, 11) is 0. The number of carbonyl (C=O) groups is 2. The molecule has 3 N–H and O–H groups in total. The van der Waals surface area contributed by atoms with Gasteiger partial charge in [0.05, 0.1) is 12.1 Å². The SMILES string of the molecule is NNC(=O)C1=CCN(C(=O)Cc2cccs2)c2ccccc21. The van der Waals surface area contributed by atoms with Gasteiger partial charge in [-0.2, -0.15) is 0 Å². The first-order valence-corrected chi connectivity index (χ1v) is 7.72. The Hall–Kier alpha value is -2.44. The third-order valence-electron chi connectivity index (χ3n) is 3.55. The Morgan fingerprint density at radius 3 is 2.77 bits per heavy atom. The Labute approximate surface area is 132 Å². The minimum Gasteiger partial charge on any atom is -0.308 e. The van der Waals surface area contributed by atoms with Gasteiger partial charge in [-0.25, -0.2) is 5.84 Å². The van der Waals surface area contributed by atoms with E-state index in [4.69, 9.17) is 5.84 Å². The molecule has 6 heteroatoms. The Morgan fingerprint density at radius 2 is 2.05 bits per heavy atom. The highest BCUT2D eigenvalue weighted by molar-refractivity contribution is 7.10. The Kier molecular flexibility index (Phi) is 4.04. The van der Waals surface area contributed by atoms with Crippen molar-refractivity contribution in [3.05, 3.63) is 58.3 Å². The van der Waals surface area contributed by atoms with Crippen LogP contribution in [0.4, 0.5) is 5.69 Å². The largest absolute Gasteiger partial charge is 0.308 e. The molecule has 0 aliphatic carbocycles. The summed E-state index contributed by atoms with van der Waals surface area (Å²) < 4.78 is 0. The Bertz CT molecular complexity index is 738. The number of nitrogens with two attached hydrogens (primary N) is 1. The summed E-state index contributed by atoms with van der Waals surface area (Å²) in [6.45, 7) is 0.365. The lowest BCUT2D eigenvalue weighted by Gasteiger charge is -2.28. The molecule has 0 saturated carbocycles. The summed E-state index contributed by atoms with van der Waals surface area (Å²) in [5, 5.41) is 1.95. The van der Waals surface area contributed by atoms with Crippen molar-refractivity contribution in [3.63, 3.8) is 0 Å². The smallest absolute Gasteiger partial charge is 0.265 e. The van der Waals surface area contributed by atoms with Crippen LogP contribution in [0.1, 0.15) is 10.4 Å². The second kappa shape index (κ2) is 6.13. The minimum absolute atomic E-state index is 0.0124. The number of para-hydroxylation sites is 1. The zero-order valence-corrected chi connectivity index (χ0v) is 12.6. The maximum absolute atomic E-state index is 12.6. The van der Waals surface area contributed by atoms with Crippen molar-refractivity contribution in [2.45, 2.75) is 6.42 Å². The third kappa shape index (κ3) is 2.66. The van der Waals surface area contributed by atoms with E-state index in [1.165, 1.54) is 0 Å². The number of amides is 2. The number of nitrogens with zero attached hydrogens (tertiary/aromatic N) is 1. The third-order valence-corrected chi connectivity index (χ3v) is 4.42. The second-order valence-electron chi connectivity index (χ2n) is 4.87. The number of fused-ring (bicyclic) bond motifs is 1. The molecule has 0 bridgehead atoms. The fourth-order valence-corrected chi connectivity index (χ4v) is 3.21. The van der Waals surface area contributed by atoms with Crippen molar-refractivity contribution in [3.8, 4) is 0 Å². The van der Waals surface area contributed by atoms with Gasteiger partial charge < -0.3 is 4.90 Å². The normalized spacial score (nSPS) is 13.3. The molecule has 0 saturated heterocycles. The monoisotopic (exact) mass is 313 g/mol. The molecular formula is C16H15N3O2S. The van der Waals surface area contributed by atoms with Crippen molar-refractivity contribution in [2.75, 3.05) is 11.4 Å². The number of carbonyl (C=O) groups excluding carboxylic acids is 2. The standard InChI is InChI=1S/C16H15N3O2S/c17-18-16(21)13-7-8-19(14-6-2-1-5-12(13)14)15(20)10-11-4-3-9-22-11/h1-7,9H,8,10,17H2,(H,18,21). The van der Waals surface area contributed by atoms with E-state index in [-0.39, 0.29) is 11.8 Å². The van der Waals surface area contributed by atoms with Gasteiger partial charge in [0.2, 0.25) is 5.91 Å². The first-order valence-electron chi connectivity index (χ1n) is 6.84. The Morgan fingerprint density at radius 1 is 1.23 bits per heavy atom. The first kappa shape index (κ1) is 14.5. The van der Waals surface area contributed by atoms with Gasteiger partial charge in [-0.1, -0.05) is 30.3 Å². The van der Waals surface area contributed by atoms with Crippen LogP contribution in [0.2, 0.25) is 0 Å². The van der Waals surface area contributed by atoms with Gasteiger partial charge in [-0.3, -0.25) is 15.0 Å². The molecule has 22 heavy (non-hydrogen) atoms. The predicted octanol–water partition coefficient (Wildman–Crippen LogP) is 1.71. The predicted molar refractivity (Wildman–Crippen MR) is 87.1 cm³/mol. The van der Waals surface area contributed by atoms with Gasteiger partial charge >= 0.3 is 0 Å². The Balaban J connectivity index is 1.91. The van der Waals surface area contributed by atoms with E-state index in [9.17, 15) is 9.59 Å². The van der Waals surface area contributed by atoms with Crippen LogP contribution in [0.3, 0.4) is 0 Å². The number of hydrogen-bond donors (Lipinski definition) is 2. The fourth-order valence-electron chi connectivity index (χ4n) is 2.51. The number of rotatable bonds is 3. The van der Waals surface area contributed by atoms with Crippen molar-refractivity contribution in [2.24, 2.45) is 5.84 Å². The van der Waals surface area contributed by atoms with Crippen LogP contribution < -0.4 is 16.2 Å². The molecule has 0 unspecified atom stereocenters. The van der Waals surface area contributed by atoms with E-state index in [1.807, 2.05) is 41.8 Å². The van der Waals surface area contributed by atoms with E-state index in [1.54, 1.807) is 22.3 Å². The maximum Gasteiger partial charge on any atom is 0.265 e. The average molecular weight is 313 g/mol. The summed E-state index contributed by atoms with van der Waals surface area (Å²) in [4.78, 5) is 27.1. The summed E-state index contributed by atoms with van der Waals surface area (Å²) in [6, 6.07) is 11.2. The number of anilines is 1. The van der Waals surface area contributed by atoms with Gasteiger partial charge in [0.15, 0.2) is 0 Å². The zero-order valence-electron chi connectivity index (χ0n) is 11.8. The van der Waals surface area contributed by atoms with Crippen LogP contribution in [0.15, 0.2) is 47.9 Å². The molecule has 1 aliphatic rings. The van der Waals surface area contributed by atoms with E-state index in [2.05, 4.69) is 5.43 Å². The van der Waals surface area contributed by atoms with Crippen molar-refractivity contribution >= 4 is 34.4 Å². The molecule has 2 aromatic rings. The number of hydrogen-bond acceptors (Lipinski definition) is 4. The van der Waals surface area contributed by atoms with Crippen molar-refractivity contribution < 1.29 is 9.59 Å². The molecule has 0 radical (unpaired) electrons. The zero-order chi connectivity index (χ0) is 15.5. The quantitative estimate of drug-likeness (QED) is 0.514. The molecule has 1 aliphatic heterocycles. The molecule has 0 spiro atoms. The highest BCUT2D eigenvalue weighted by Crippen LogP contribution is 2.31. The van der Waals surface area contributed by atoms with Crippen LogP contribution in [-0.4, -0.2) is 18.4 Å². The van der Waals surface area contributed by atoms with Crippen molar-refractivity contribution in [1.82, 2.24) is 5.43 Å². The average Bonchev–Trinajstić information content (AvgIpc) is 3.06. The highest BCUT2D eigenvalue weighted by Gasteiger charge is 2.26. The molecule has 0 atom stereocenters. The lowest BCUT2D eigenvalue weighted by Crippen LogP contribution is -2.38. The van der Waals surface area contributed by atoms with Gasteiger partial charge in [0.25, 0.3) is 5.91 Å². The van der Waals surface area contributed by atoms with E-state index in [0.29, 0.717) is 18.5 Å². The molecular weight excluding hydrogens is 298 g/mol. The number of thiophene rings is 1. The summed E-state index contributed by atoms with van der Waals surface area (Å²) >= 11 is 1.56. The molecule has 3 rings (SSSR count). The van der Waals surface area contributed by atoms with E-state index in [0.717, 1.165) is 16.1 Å². The van der Waals surface area contributed by atoms with Crippen LogP contribution in [0, 0.1) is 0 Å². The summed E-state index contributed by atoms with van der Waals surface area (Å²) in [5.74, 6) is 4.89. The van der Waals surface area contributed by atoms with Gasteiger partial charge in [0, 0.05) is 22.6 Å². The highest BCUT2D eigenvalue weighted by atomic mass is 32.1. The van der Waals surface area contributed by atoms with Crippen LogP contribution >= 0.6 is 11.3 Å². The summed E-state index contributed by atoms with van der Waals surface area (Å²) in [5.41, 5.74) is 4.11. The van der Waals surface area contributed by atoms with Crippen LogP contribution in [0.25, 0.3) is 5.57 Å². The summed E-state index contributed by atoms with van der Waals surface area (Å²) in [6.07, 6.45) is 2.09. The van der Waals surface area contributed by atoms with Gasteiger partial charge in [0.1, 0.15) is 0 Å². The topological polar surface area (TPSA) is 75.4 Å². The maximum atomic E-state index is 12.6. The lowest BCUT2D eigenvalue weighted by molar-refractivity contribution is -0.118. The van der Waals surface area contributed by atoms with Gasteiger partial charge in [-0.05, 0) is 17.5 Å². The molecule has 2 heterocycles. The molecule has 1 aromatic heterocycles. The molecule has 112 valence electrons. The van der Waals surface area contributed by atoms with E-state index < -0.39 is 0 Å². The molecule has 0 fully saturated rings. The second-order valence-corrected chi connectivity index (χ2v) is 5.90. The number of hydrazine groups is 1. The van der Waals surface area contributed by atoms with E-state index >= 15 is 0 Å². The van der Waals surface area contributed by atoms with Gasteiger partial charge in [-0.15, -0.1) is 11.3 Å². The minimum atomic E-state index is -0.349. The van der Waals surface area contributed by atoms with Crippen molar-refractivity contribution in [1.29, 1.82) is 0 Å². The number of nitrogens with one attached hydrogen (secondary N) is 1. The van der Waals surface area contributed by atoms with Crippen LogP contribution in [0.5, 0.6) is 0 Å². The fraction of sp³-hybridized carbons (Fsp3) is 0.125.